The largest absolute Gasteiger partial charge is 0.479 e. The Morgan fingerprint density at radius 2 is 1.79 bits per heavy atom. The van der Waals surface area contributed by atoms with Crippen LogP contribution in [0.15, 0.2) is 54.6 Å². The zero-order valence-corrected chi connectivity index (χ0v) is 10.5. The van der Waals surface area contributed by atoms with Crippen LogP contribution in [0.5, 0.6) is 5.75 Å². The van der Waals surface area contributed by atoms with E-state index in [2.05, 4.69) is 5.32 Å². The van der Waals surface area contributed by atoms with Gasteiger partial charge in [0, 0.05) is 17.4 Å². The van der Waals surface area contributed by atoms with Gasteiger partial charge in [-0.2, -0.15) is 0 Å². The Labute approximate surface area is 111 Å². The fourth-order valence-corrected chi connectivity index (χ4v) is 1.59. The first kappa shape index (κ1) is 13.0. The van der Waals surface area contributed by atoms with Gasteiger partial charge in [0.05, 0.1) is 0 Å². The number of carbonyl (C=O) groups is 1. The second kappa shape index (κ2) is 5.91. The third-order valence-electron chi connectivity index (χ3n) is 2.56. The van der Waals surface area contributed by atoms with Crippen molar-refractivity contribution >= 4 is 17.3 Å². The number of aliphatic carboxylic acids is 1. The number of benzene rings is 2. The van der Waals surface area contributed by atoms with Gasteiger partial charge in [0.1, 0.15) is 5.75 Å². The number of hydrogen-bond donors (Lipinski definition) is 2. The van der Waals surface area contributed by atoms with E-state index in [0.717, 1.165) is 11.4 Å². The van der Waals surface area contributed by atoms with Crippen molar-refractivity contribution in [3.05, 3.63) is 54.6 Å². The van der Waals surface area contributed by atoms with E-state index in [1.54, 1.807) is 12.1 Å². The van der Waals surface area contributed by atoms with Gasteiger partial charge >= 0.3 is 5.97 Å². The maximum absolute atomic E-state index is 10.7. The molecule has 0 aliphatic rings. The minimum atomic E-state index is -0.985. The fraction of sp³-hybridized carbons (Fsp3) is 0.133. The van der Waals surface area contributed by atoms with Crippen LogP contribution in [0.3, 0.4) is 0 Å². The maximum atomic E-state index is 10.7. The van der Waals surface area contributed by atoms with Crippen LogP contribution < -0.4 is 10.1 Å². The Kier molecular flexibility index (Phi) is 4.03. The van der Waals surface area contributed by atoms with Crippen molar-refractivity contribution in [3.63, 3.8) is 0 Å². The van der Waals surface area contributed by atoms with Crippen LogP contribution in [0, 0.1) is 0 Å². The van der Waals surface area contributed by atoms with E-state index >= 15 is 0 Å². The highest BCUT2D eigenvalue weighted by Gasteiger charge is 2.12. The molecular weight excluding hydrogens is 242 g/mol. The number of rotatable bonds is 5. The molecule has 0 heterocycles. The molecule has 2 aromatic carbocycles. The average molecular weight is 257 g/mol. The summed E-state index contributed by atoms with van der Waals surface area (Å²) in [5, 5.41) is 12.0. The molecule has 0 radical (unpaired) electrons. The van der Waals surface area contributed by atoms with Crippen molar-refractivity contribution in [1.82, 2.24) is 0 Å². The summed E-state index contributed by atoms with van der Waals surface area (Å²) in [4.78, 5) is 10.7. The van der Waals surface area contributed by atoms with Crippen LogP contribution >= 0.6 is 0 Å². The third kappa shape index (κ3) is 3.74. The predicted molar refractivity (Wildman–Crippen MR) is 73.9 cm³/mol. The Balaban J connectivity index is 2.09. The van der Waals surface area contributed by atoms with E-state index < -0.39 is 12.1 Å². The Morgan fingerprint density at radius 3 is 2.47 bits per heavy atom. The summed E-state index contributed by atoms with van der Waals surface area (Å²) in [5.41, 5.74) is 1.81. The Bertz CT molecular complexity index is 554. The molecule has 0 spiro atoms. The summed E-state index contributed by atoms with van der Waals surface area (Å²) in [6.07, 6.45) is -0.869. The molecule has 0 aromatic heterocycles. The zero-order chi connectivity index (χ0) is 13.7. The summed E-state index contributed by atoms with van der Waals surface area (Å²) in [6, 6.07) is 16.9. The molecular formula is C15H15NO3. The molecule has 0 saturated carbocycles. The van der Waals surface area contributed by atoms with E-state index in [1.165, 1.54) is 6.92 Å². The quantitative estimate of drug-likeness (QED) is 0.863. The summed E-state index contributed by atoms with van der Waals surface area (Å²) in [5.74, 6) is -0.461. The minimum Gasteiger partial charge on any atom is -0.479 e. The first-order valence-electron chi connectivity index (χ1n) is 5.97. The minimum absolute atomic E-state index is 0.524. The van der Waals surface area contributed by atoms with E-state index in [-0.39, 0.29) is 0 Å². The van der Waals surface area contributed by atoms with Gasteiger partial charge in [-0.05, 0) is 31.2 Å². The highest BCUT2D eigenvalue weighted by Crippen LogP contribution is 2.22. The molecule has 98 valence electrons. The molecule has 19 heavy (non-hydrogen) atoms. The summed E-state index contributed by atoms with van der Waals surface area (Å²) < 4.78 is 5.31. The molecule has 1 atom stereocenters. The highest BCUT2D eigenvalue weighted by molar-refractivity contribution is 5.72. The molecule has 0 amide bonds. The van der Waals surface area contributed by atoms with Gasteiger partial charge < -0.3 is 15.2 Å². The topological polar surface area (TPSA) is 58.6 Å². The lowest BCUT2D eigenvalue weighted by Gasteiger charge is -2.12. The van der Waals surface area contributed by atoms with Crippen LogP contribution in [0.1, 0.15) is 6.92 Å². The molecule has 0 saturated heterocycles. The number of para-hydroxylation sites is 1. The molecule has 2 N–H and O–H groups in total. The van der Waals surface area contributed by atoms with E-state index in [0.29, 0.717) is 5.75 Å². The number of carboxylic acid groups (broad SMARTS) is 1. The summed E-state index contributed by atoms with van der Waals surface area (Å²) in [7, 11) is 0. The average Bonchev–Trinajstić information content (AvgIpc) is 2.40. The Morgan fingerprint density at radius 1 is 1.11 bits per heavy atom. The zero-order valence-electron chi connectivity index (χ0n) is 10.5. The van der Waals surface area contributed by atoms with Crippen molar-refractivity contribution in [3.8, 4) is 5.75 Å². The normalized spacial score (nSPS) is 11.6. The first-order valence-corrected chi connectivity index (χ1v) is 5.97. The van der Waals surface area contributed by atoms with Crippen LogP contribution in [-0.4, -0.2) is 17.2 Å². The van der Waals surface area contributed by atoms with Crippen molar-refractivity contribution in [2.75, 3.05) is 5.32 Å². The second-order valence-corrected chi connectivity index (χ2v) is 4.12. The predicted octanol–water partition coefficient (Wildman–Crippen LogP) is 3.28. The van der Waals surface area contributed by atoms with Crippen LogP contribution in [0.2, 0.25) is 0 Å². The second-order valence-electron chi connectivity index (χ2n) is 4.12. The smallest absolute Gasteiger partial charge is 0.344 e. The summed E-state index contributed by atoms with van der Waals surface area (Å²) in [6.45, 7) is 1.50. The van der Waals surface area contributed by atoms with Gasteiger partial charge in [-0.25, -0.2) is 4.79 Å². The lowest BCUT2D eigenvalue weighted by molar-refractivity contribution is -0.144. The summed E-state index contributed by atoms with van der Waals surface area (Å²) >= 11 is 0. The van der Waals surface area contributed by atoms with Gasteiger partial charge in [-0.15, -0.1) is 0 Å². The molecule has 4 nitrogen and oxygen atoms in total. The number of carboxylic acids is 1. The SMILES string of the molecule is CC(Oc1cccc(Nc2ccccc2)c1)C(=O)O. The van der Waals surface area contributed by atoms with Crippen molar-refractivity contribution in [2.24, 2.45) is 0 Å². The molecule has 2 aromatic rings. The van der Waals surface area contributed by atoms with Gasteiger partial charge in [-0.1, -0.05) is 24.3 Å². The van der Waals surface area contributed by atoms with Gasteiger partial charge in [0.15, 0.2) is 6.10 Å². The van der Waals surface area contributed by atoms with Crippen molar-refractivity contribution in [2.45, 2.75) is 13.0 Å². The number of anilines is 2. The number of ether oxygens (including phenoxy) is 1. The number of nitrogens with one attached hydrogen (secondary N) is 1. The molecule has 4 heteroatoms. The van der Waals surface area contributed by atoms with Crippen molar-refractivity contribution < 1.29 is 14.6 Å². The standard InChI is InChI=1S/C15H15NO3/c1-11(15(17)18)19-14-9-5-8-13(10-14)16-12-6-3-2-4-7-12/h2-11,16H,1H3,(H,17,18). The molecule has 2 rings (SSSR count). The Hall–Kier alpha value is -2.49. The lowest BCUT2D eigenvalue weighted by Crippen LogP contribution is -2.22. The van der Waals surface area contributed by atoms with Crippen LogP contribution in [-0.2, 0) is 4.79 Å². The van der Waals surface area contributed by atoms with Crippen LogP contribution in [0.25, 0.3) is 0 Å². The third-order valence-corrected chi connectivity index (χ3v) is 2.56. The molecule has 0 aliphatic carbocycles. The first-order chi connectivity index (χ1) is 9.15. The fourth-order valence-electron chi connectivity index (χ4n) is 1.59. The maximum Gasteiger partial charge on any atom is 0.344 e. The molecule has 0 fully saturated rings. The van der Waals surface area contributed by atoms with Gasteiger partial charge in [0.2, 0.25) is 0 Å². The van der Waals surface area contributed by atoms with Crippen LogP contribution in [0.4, 0.5) is 11.4 Å². The lowest BCUT2D eigenvalue weighted by atomic mass is 10.2. The van der Waals surface area contributed by atoms with Gasteiger partial charge in [0.25, 0.3) is 0 Å². The molecule has 0 aliphatic heterocycles. The monoisotopic (exact) mass is 257 g/mol. The van der Waals surface area contributed by atoms with E-state index in [9.17, 15) is 4.79 Å². The number of hydrogen-bond acceptors (Lipinski definition) is 3. The molecule has 0 bridgehead atoms. The van der Waals surface area contributed by atoms with E-state index in [4.69, 9.17) is 9.84 Å². The molecule has 1 unspecified atom stereocenters. The van der Waals surface area contributed by atoms with Gasteiger partial charge in [-0.3, -0.25) is 0 Å². The van der Waals surface area contributed by atoms with E-state index in [1.807, 2.05) is 42.5 Å². The highest BCUT2D eigenvalue weighted by atomic mass is 16.5. The van der Waals surface area contributed by atoms with Crippen molar-refractivity contribution in [1.29, 1.82) is 0 Å².